The van der Waals surface area contributed by atoms with Crippen molar-refractivity contribution in [3.8, 4) is 11.5 Å². The number of carbonyl (C=O) groups excluding carboxylic acids is 2. The summed E-state index contributed by atoms with van der Waals surface area (Å²) < 4.78 is 46.6. The lowest BCUT2D eigenvalue weighted by Crippen LogP contribution is -2.36. The van der Waals surface area contributed by atoms with Crippen molar-refractivity contribution >= 4 is 11.8 Å². The van der Waals surface area contributed by atoms with Crippen molar-refractivity contribution in [2.75, 3.05) is 13.7 Å². The third-order valence-corrected chi connectivity index (χ3v) is 3.45. The number of ether oxygens (including phenoxy) is 2. The van der Waals surface area contributed by atoms with Gasteiger partial charge in [0.15, 0.2) is 11.5 Å². The highest BCUT2D eigenvalue weighted by atomic mass is 19.3. The van der Waals surface area contributed by atoms with Crippen LogP contribution in [0.3, 0.4) is 0 Å². The van der Waals surface area contributed by atoms with Gasteiger partial charge in [0, 0.05) is 12.1 Å². The molecule has 0 aliphatic carbocycles. The number of methoxy groups -OCH3 is 1. The maximum Gasteiger partial charge on any atom is 0.387 e. The second-order valence-corrected chi connectivity index (χ2v) is 5.33. The maximum atomic E-state index is 12.8. The van der Waals surface area contributed by atoms with Crippen LogP contribution in [-0.2, 0) is 11.3 Å². The molecule has 0 bridgehead atoms. The minimum atomic E-state index is -3.02. The van der Waals surface area contributed by atoms with Gasteiger partial charge in [-0.3, -0.25) is 9.59 Å². The van der Waals surface area contributed by atoms with Crippen LogP contribution in [0.4, 0.5) is 13.2 Å². The third-order valence-electron chi connectivity index (χ3n) is 3.45. The van der Waals surface area contributed by atoms with E-state index in [1.54, 1.807) is 0 Å². The van der Waals surface area contributed by atoms with Crippen LogP contribution < -0.4 is 20.1 Å². The summed E-state index contributed by atoms with van der Waals surface area (Å²) in [6.45, 7) is -3.14. The van der Waals surface area contributed by atoms with E-state index in [0.717, 1.165) is 0 Å². The topological polar surface area (TPSA) is 76.7 Å². The lowest BCUT2D eigenvalue weighted by atomic mass is 10.2. The molecule has 0 aromatic heterocycles. The summed E-state index contributed by atoms with van der Waals surface area (Å²) in [6.07, 6.45) is 0. The predicted molar refractivity (Wildman–Crippen MR) is 90.2 cm³/mol. The molecule has 2 rings (SSSR count). The molecule has 0 spiro atoms. The van der Waals surface area contributed by atoms with E-state index in [1.165, 1.54) is 49.6 Å². The molecule has 0 aliphatic heterocycles. The fraction of sp³-hybridized carbons (Fsp3) is 0.222. The van der Waals surface area contributed by atoms with Crippen molar-refractivity contribution in [1.82, 2.24) is 10.6 Å². The standard InChI is InChI=1S/C18H17F3N2O4/c1-26-15-8-12(4-7-14(15)27-18(20)21)17(25)23-10-16(24)22-9-11-2-5-13(19)6-3-11/h2-8,18H,9-10H2,1H3,(H,22,24)(H,23,25). The van der Waals surface area contributed by atoms with E-state index in [-0.39, 0.29) is 36.0 Å². The summed E-state index contributed by atoms with van der Waals surface area (Å²) >= 11 is 0. The number of rotatable bonds is 8. The van der Waals surface area contributed by atoms with Crippen LogP contribution >= 0.6 is 0 Å². The van der Waals surface area contributed by atoms with E-state index in [1.807, 2.05) is 0 Å². The van der Waals surface area contributed by atoms with Crippen molar-refractivity contribution < 1.29 is 32.2 Å². The summed E-state index contributed by atoms with van der Waals surface area (Å²) in [5.41, 5.74) is 0.815. The number of nitrogens with one attached hydrogen (secondary N) is 2. The Balaban J connectivity index is 1.87. The van der Waals surface area contributed by atoms with E-state index in [2.05, 4.69) is 15.4 Å². The Kier molecular flexibility index (Phi) is 7.04. The maximum absolute atomic E-state index is 12.8. The molecule has 2 N–H and O–H groups in total. The molecule has 0 aliphatic rings. The number of hydrogen-bond donors (Lipinski definition) is 2. The highest BCUT2D eigenvalue weighted by molar-refractivity contribution is 5.97. The number of carbonyl (C=O) groups is 2. The van der Waals surface area contributed by atoms with Crippen LogP contribution in [-0.4, -0.2) is 32.1 Å². The van der Waals surface area contributed by atoms with Crippen LogP contribution in [0.25, 0.3) is 0 Å². The summed E-state index contributed by atoms with van der Waals surface area (Å²) in [4.78, 5) is 23.9. The van der Waals surface area contributed by atoms with Crippen LogP contribution in [0.1, 0.15) is 15.9 Å². The van der Waals surface area contributed by atoms with Gasteiger partial charge in [-0.2, -0.15) is 8.78 Å². The first-order chi connectivity index (χ1) is 12.9. The molecule has 0 atom stereocenters. The van der Waals surface area contributed by atoms with Crippen LogP contribution in [0.15, 0.2) is 42.5 Å². The normalized spacial score (nSPS) is 10.4. The summed E-state index contributed by atoms with van der Waals surface area (Å²) in [5, 5.41) is 4.97. The first kappa shape index (κ1) is 20.1. The fourth-order valence-corrected chi connectivity index (χ4v) is 2.13. The Bertz CT molecular complexity index is 798. The second kappa shape index (κ2) is 9.46. The van der Waals surface area contributed by atoms with E-state index in [4.69, 9.17) is 4.74 Å². The van der Waals surface area contributed by atoms with Crippen molar-refractivity contribution in [2.24, 2.45) is 0 Å². The van der Waals surface area contributed by atoms with Gasteiger partial charge in [-0.25, -0.2) is 4.39 Å². The number of halogens is 3. The number of alkyl halides is 2. The van der Waals surface area contributed by atoms with Crippen molar-refractivity contribution in [2.45, 2.75) is 13.2 Å². The van der Waals surface area contributed by atoms with E-state index in [9.17, 15) is 22.8 Å². The third kappa shape index (κ3) is 6.21. The van der Waals surface area contributed by atoms with Gasteiger partial charge in [0.2, 0.25) is 5.91 Å². The Morgan fingerprint density at radius 3 is 2.37 bits per heavy atom. The molecule has 0 saturated carbocycles. The number of benzene rings is 2. The molecule has 6 nitrogen and oxygen atoms in total. The molecule has 0 radical (unpaired) electrons. The molecule has 2 amide bonds. The Labute approximate surface area is 153 Å². The minimum Gasteiger partial charge on any atom is -0.493 e. The van der Waals surface area contributed by atoms with Gasteiger partial charge in [0.05, 0.1) is 13.7 Å². The van der Waals surface area contributed by atoms with Gasteiger partial charge >= 0.3 is 6.61 Å². The molecule has 27 heavy (non-hydrogen) atoms. The molecule has 144 valence electrons. The number of hydrogen-bond acceptors (Lipinski definition) is 4. The summed E-state index contributed by atoms with van der Waals surface area (Å²) in [6, 6.07) is 9.28. The molecule has 0 fully saturated rings. The smallest absolute Gasteiger partial charge is 0.387 e. The second-order valence-electron chi connectivity index (χ2n) is 5.33. The Morgan fingerprint density at radius 2 is 1.74 bits per heavy atom. The van der Waals surface area contributed by atoms with Crippen molar-refractivity contribution in [3.63, 3.8) is 0 Å². The van der Waals surface area contributed by atoms with Crippen molar-refractivity contribution in [1.29, 1.82) is 0 Å². The van der Waals surface area contributed by atoms with Gasteiger partial charge in [-0.15, -0.1) is 0 Å². The molecular weight excluding hydrogens is 365 g/mol. The average Bonchev–Trinajstić information content (AvgIpc) is 2.65. The molecule has 2 aromatic rings. The quantitative estimate of drug-likeness (QED) is 0.736. The largest absolute Gasteiger partial charge is 0.493 e. The highest BCUT2D eigenvalue weighted by Crippen LogP contribution is 2.29. The van der Waals surface area contributed by atoms with E-state index in [0.29, 0.717) is 5.56 Å². The van der Waals surface area contributed by atoms with Gasteiger partial charge < -0.3 is 20.1 Å². The van der Waals surface area contributed by atoms with Gasteiger partial charge in [-0.1, -0.05) is 12.1 Å². The minimum absolute atomic E-state index is 0.0382. The summed E-state index contributed by atoms with van der Waals surface area (Å²) in [7, 11) is 1.25. The highest BCUT2D eigenvalue weighted by Gasteiger charge is 2.14. The zero-order chi connectivity index (χ0) is 19.8. The van der Waals surface area contributed by atoms with Crippen molar-refractivity contribution in [3.05, 3.63) is 59.4 Å². The molecule has 2 aromatic carbocycles. The van der Waals surface area contributed by atoms with E-state index >= 15 is 0 Å². The SMILES string of the molecule is COc1cc(C(=O)NCC(=O)NCc2ccc(F)cc2)ccc1OC(F)F. The van der Waals surface area contributed by atoms with Gasteiger partial charge in [0.1, 0.15) is 5.82 Å². The van der Waals surface area contributed by atoms with Crippen LogP contribution in [0, 0.1) is 5.82 Å². The summed E-state index contributed by atoms with van der Waals surface area (Å²) in [5.74, 6) is -1.66. The van der Waals surface area contributed by atoms with Crippen LogP contribution in [0.5, 0.6) is 11.5 Å². The monoisotopic (exact) mass is 382 g/mol. The van der Waals surface area contributed by atoms with Gasteiger partial charge in [0.25, 0.3) is 5.91 Å². The predicted octanol–water partition coefficient (Wildman–Crippen LogP) is 2.48. The first-order valence-corrected chi connectivity index (χ1v) is 7.81. The Morgan fingerprint density at radius 1 is 1.04 bits per heavy atom. The number of amides is 2. The first-order valence-electron chi connectivity index (χ1n) is 7.81. The fourth-order valence-electron chi connectivity index (χ4n) is 2.13. The molecule has 0 unspecified atom stereocenters. The van der Waals surface area contributed by atoms with Crippen LogP contribution in [0.2, 0.25) is 0 Å². The Hall–Kier alpha value is -3.23. The molecular formula is C18H17F3N2O4. The zero-order valence-corrected chi connectivity index (χ0v) is 14.3. The van der Waals surface area contributed by atoms with Gasteiger partial charge in [-0.05, 0) is 35.9 Å². The molecule has 0 saturated heterocycles. The zero-order valence-electron chi connectivity index (χ0n) is 14.3. The molecule has 0 heterocycles. The average molecular weight is 382 g/mol. The molecule has 9 heteroatoms. The van der Waals surface area contributed by atoms with E-state index < -0.39 is 18.4 Å². The lowest BCUT2D eigenvalue weighted by molar-refractivity contribution is -0.120. The lowest BCUT2D eigenvalue weighted by Gasteiger charge is -2.11.